The molecule has 0 spiro atoms. The van der Waals surface area contributed by atoms with Gasteiger partial charge >= 0.3 is 0 Å². The van der Waals surface area contributed by atoms with Crippen LogP contribution in [0.5, 0.6) is 0 Å². The molecule has 1 N–H and O–H groups in total. The summed E-state index contributed by atoms with van der Waals surface area (Å²) in [7, 11) is -0.172. The lowest BCUT2D eigenvalue weighted by atomic mass is 10.1. The van der Waals surface area contributed by atoms with Gasteiger partial charge in [-0.2, -0.15) is 17.0 Å². The van der Waals surface area contributed by atoms with Crippen LogP contribution in [0.2, 0.25) is 0 Å². The highest BCUT2D eigenvalue weighted by Crippen LogP contribution is 2.18. The molecule has 1 aliphatic rings. The minimum absolute atomic E-state index is 0.248. The molecular weight excluding hydrogens is 278 g/mol. The molecular formula is C12H21N5O2S. The van der Waals surface area contributed by atoms with Crippen molar-refractivity contribution >= 4 is 16.0 Å². The second kappa shape index (κ2) is 6.02. The summed E-state index contributed by atoms with van der Waals surface area (Å²) in [5.74, 6) is 0.798. The molecule has 1 aliphatic heterocycles. The van der Waals surface area contributed by atoms with Gasteiger partial charge in [0, 0.05) is 45.0 Å². The molecule has 7 nitrogen and oxygen atoms in total. The van der Waals surface area contributed by atoms with Gasteiger partial charge in [-0.1, -0.05) is 0 Å². The van der Waals surface area contributed by atoms with E-state index in [0.717, 1.165) is 24.4 Å². The smallest absolute Gasteiger partial charge is 0.281 e. The number of hydrogen-bond acceptors (Lipinski definition) is 5. The van der Waals surface area contributed by atoms with Crippen molar-refractivity contribution in [3.05, 3.63) is 18.1 Å². The first-order valence-electron chi connectivity index (χ1n) is 6.62. The summed E-state index contributed by atoms with van der Waals surface area (Å²) >= 11 is 0. The van der Waals surface area contributed by atoms with Gasteiger partial charge in [-0.05, 0) is 19.8 Å². The van der Waals surface area contributed by atoms with Crippen molar-refractivity contribution in [2.45, 2.75) is 25.8 Å². The maximum atomic E-state index is 12.0. The minimum Gasteiger partial charge on any atom is -0.367 e. The van der Waals surface area contributed by atoms with E-state index in [9.17, 15) is 8.42 Å². The van der Waals surface area contributed by atoms with Gasteiger partial charge in [0.05, 0.1) is 0 Å². The van der Waals surface area contributed by atoms with Crippen LogP contribution in [0, 0.1) is 6.92 Å². The molecule has 0 radical (unpaired) electrons. The minimum atomic E-state index is -3.29. The summed E-state index contributed by atoms with van der Waals surface area (Å²) in [6.45, 7) is 2.98. The van der Waals surface area contributed by atoms with Gasteiger partial charge in [-0.25, -0.2) is 9.97 Å². The highest BCUT2D eigenvalue weighted by Gasteiger charge is 2.29. The maximum Gasteiger partial charge on any atom is 0.281 e. The highest BCUT2D eigenvalue weighted by molar-refractivity contribution is 7.86. The van der Waals surface area contributed by atoms with Crippen LogP contribution < -0.4 is 5.32 Å². The van der Waals surface area contributed by atoms with Crippen molar-refractivity contribution in [2.75, 3.05) is 32.5 Å². The first kappa shape index (κ1) is 15.1. The van der Waals surface area contributed by atoms with Crippen molar-refractivity contribution < 1.29 is 8.42 Å². The number of rotatable bonds is 4. The van der Waals surface area contributed by atoms with Crippen LogP contribution in [-0.2, 0) is 10.2 Å². The van der Waals surface area contributed by atoms with Gasteiger partial charge in [0.25, 0.3) is 10.2 Å². The fraction of sp³-hybridized carbons (Fsp3) is 0.667. The van der Waals surface area contributed by atoms with Gasteiger partial charge in [-0.3, -0.25) is 0 Å². The van der Waals surface area contributed by atoms with E-state index < -0.39 is 10.2 Å². The van der Waals surface area contributed by atoms with Gasteiger partial charge in [0.1, 0.15) is 12.1 Å². The van der Waals surface area contributed by atoms with E-state index in [1.165, 1.54) is 14.9 Å². The molecule has 1 fully saturated rings. The van der Waals surface area contributed by atoms with Crippen molar-refractivity contribution in [2.24, 2.45) is 0 Å². The topological polar surface area (TPSA) is 78.4 Å². The molecule has 1 aromatic rings. The Kier molecular flexibility index (Phi) is 4.56. The van der Waals surface area contributed by atoms with Crippen molar-refractivity contribution in [1.82, 2.24) is 18.6 Å². The first-order valence-corrected chi connectivity index (χ1v) is 8.02. The van der Waals surface area contributed by atoms with E-state index in [2.05, 4.69) is 15.3 Å². The molecule has 0 bridgehead atoms. The van der Waals surface area contributed by atoms with Crippen LogP contribution >= 0.6 is 0 Å². The van der Waals surface area contributed by atoms with Crippen LogP contribution in [-0.4, -0.2) is 60.2 Å². The lowest BCUT2D eigenvalue weighted by molar-refractivity contribution is 0.311. The fourth-order valence-electron chi connectivity index (χ4n) is 2.20. The fourth-order valence-corrected chi connectivity index (χ4v) is 3.34. The molecule has 2 rings (SSSR count). The van der Waals surface area contributed by atoms with Crippen LogP contribution in [0.1, 0.15) is 18.5 Å². The van der Waals surface area contributed by atoms with Crippen molar-refractivity contribution in [3.63, 3.8) is 0 Å². The molecule has 20 heavy (non-hydrogen) atoms. The quantitative estimate of drug-likeness (QED) is 0.874. The second-order valence-electron chi connectivity index (χ2n) is 5.15. The summed E-state index contributed by atoms with van der Waals surface area (Å²) in [4.78, 5) is 8.22. The lowest BCUT2D eigenvalue weighted by Gasteiger charge is -2.33. The molecule has 1 saturated heterocycles. The largest absolute Gasteiger partial charge is 0.367 e. The predicted molar refractivity (Wildman–Crippen MR) is 77.6 cm³/mol. The molecule has 0 saturated carbocycles. The molecule has 0 aromatic carbocycles. The van der Waals surface area contributed by atoms with Gasteiger partial charge in [-0.15, -0.1) is 0 Å². The normalized spacial score (nSPS) is 18.4. The standard InChI is InChI=1S/C12H21N5O2S/c1-10-8-12(14-9-13-10)15-11-4-6-17(7-5-11)20(18,19)16(2)3/h8-9,11H,4-7H2,1-3H3,(H,13,14,15). The summed E-state index contributed by atoms with van der Waals surface area (Å²) < 4.78 is 26.8. The Labute approximate surface area is 120 Å². The van der Waals surface area contributed by atoms with Gasteiger partial charge in [0.15, 0.2) is 0 Å². The molecule has 0 aliphatic carbocycles. The Hall–Kier alpha value is -1.25. The summed E-state index contributed by atoms with van der Waals surface area (Å²) in [5, 5.41) is 3.34. The zero-order valence-corrected chi connectivity index (χ0v) is 12.9. The average Bonchev–Trinajstić information content (AvgIpc) is 2.39. The zero-order chi connectivity index (χ0) is 14.8. The SMILES string of the molecule is Cc1cc(NC2CCN(S(=O)(=O)N(C)C)CC2)ncn1. The number of piperidine rings is 1. The van der Waals surface area contributed by atoms with E-state index in [-0.39, 0.29) is 6.04 Å². The average molecular weight is 299 g/mol. The molecule has 0 amide bonds. The Bertz CT molecular complexity index is 553. The number of anilines is 1. The van der Waals surface area contributed by atoms with Crippen LogP contribution in [0.4, 0.5) is 5.82 Å². The molecule has 1 aromatic heterocycles. The molecule has 8 heteroatoms. The highest BCUT2D eigenvalue weighted by atomic mass is 32.2. The molecule has 0 unspecified atom stereocenters. The number of aryl methyl sites for hydroxylation is 1. The molecule has 112 valence electrons. The van der Waals surface area contributed by atoms with Crippen LogP contribution in [0.3, 0.4) is 0 Å². The van der Waals surface area contributed by atoms with Gasteiger partial charge in [0.2, 0.25) is 0 Å². The molecule has 2 heterocycles. The van der Waals surface area contributed by atoms with E-state index >= 15 is 0 Å². The monoisotopic (exact) mass is 299 g/mol. The Morgan fingerprint density at radius 2 is 1.95 bits per heavy atom. The van der Waals surface area contributed by atoms with Crippen LogP contribution in [0.25, 0.3) is 0 Å². The number of nitrogens with one attached hydrogen (secondary N) is 1. The van der Waals surface area contributed by atoms with Crippen LogP contribution in [0.15, 0.2) is 12.4 Å². The Balaban J connectivity index is 1.92. The Morgan fingerprint density at radius 1 is 1.30 bits per heavy atom. The third-order valence-electron chi connectivity index (χ3n) is 3.40. The lowest BCUT2D eigenvalue weighted by Crippen LogP contribution is -2.46. The Morgan fingerprint density at radius 3 is 2.50 bits per heavy atom. The summed E-state index contributed by atoms with van der Waals surface area (Å²) in [6.07, 6.45) is 3.08. The van der Waals surface area contributed by atoms with Crippen molar-refractivity contribution in [3.8, 4) is 0 Å². The second-order valence-corrected chi connectivity index (χ2v) is 7.29. The predicted octanol–water partition coefficient (Wildman–Crippen LogP) is 0.468. The third-order valence-corrected chi connectivity index (χ3v) is 5.34. The molecule has 0 atom stereocenters. The summed E-state index contributed by atoms with van der Waals surface area (Å²) in [5.41, 5.74) is 0.912. The van der Waals surface area contributed by atoms with E-state index in [4.69, 9.17) is 0 Å². The van der Waals surface area contributed by atoms with Gasteiger partial charge < -0.3 is 5.32 Å². The number of hydrogen-bond donors (Lipinski definition) is 1. The van der Waals surface area contributed by atoms with E-state index in [1.54, 1.807) is 14.1 Å². The number of nitrogens with zero attached hydrogens (tertiary/aromatic N) is 4. The van der Waals surface area contributed by atoms with E-state index in [1.807, 2.05) is 13.0 Å². The maximum absolute atomic E-state index is 12.0. The zero-order valence-electron chi connectivity index (χ0n) is 12.1. The first-order chi connectivity index (χ1) is 9.39. The summed E-state index contributed by atoms with van der Waals surface area (Å²) in [6, 6.07) is 2.14. The number of aromatic nitrogens is 2. The van der Waals surface area contributed by atoms with E-state index in [0.29, 0.717) is 13.1 Å². The third kappa shape index (κ3) is 3.44. The van der Waals surface area contributed by atoms with Crippen molar-refractivity contribution in [1.29, 1.82) is 0 Å².